The first-order valence-electron chi connectivity index (χ1n) is 10.4. The van der Waals surface area contributed by atoms with Gasteiger partial charge in [-0.05, 0) is 73.4 Å². The van der Waals surface area contributed by atoms with Crippen LogP contribution in [-0.2, 0) is 6.42 Å². The van der Waals surface area contributed by atoms with Gasteiger partial charge in [0.25, 0.3) is 0 Å². The molecule has 0 saturated heterocycles. The van der Waals surface area contributed by atoms with E-state index in [2.05, 4.69) is 27.5 Å². The number of anilines is 2. The molecule has 0 aliphatic carbocycles. The van der Waals surface area contributed by atoms with Crippen LogP contribution in [0.3, 0.4) is 0 Å². The van der Waals surface area contributed by atoms with Crippen LogP contribution in [0.4, 0.5) is 11.6 Å². The predicted octanol–water partition coefficient (Wildman–Crippen LogP) is 4.66. The lowest BCUT2D eigenvalue weighted by Gasteiger charge is -2.11. The number of carboxylic acid groups (broad SMARTS) is 1. The third kappa shape index (κ3) is 4.64. The van der Waals surface area contributed by atoms with E-state index in [4.69, 9.17) is 10.1 Å². The molecule has 0 aliphatic rings. The zero-order chi connectivity index (χ0) is 22.7. The van der Waals surface area contributed by atoms with E-state index >= 15 is 0 Å². The number of nitrogens with zero attached hydrogens (tertiary/aromatic N) is 5. The van der Waals surface area contributed by atoms with Crippen LogP contribution < -0.4 is 5.32 Å². The maximum Gasteiger partial charge on any atom is 0.335 e. The molecule has 0 amide bonds. The zero-order valence-corrected chi connectivity index (χ0v) is 18.1. The van der Waals surface area contributed by atoms with Crippen molar-refractivity contribution in [1.29, 1.82) is 0 Å². The number of aromatic nitrogens is 5. The summed E-state index contributed by atoms with van der Waals surface area (Å²) in [6.45, 7) is 6.09. The molecule has 4 aromatic rings. The highest BCUT2D eigenvalue weighted by Crippen LogP contribution is 2.24. The number of benzene rings is 1. The molecule has 0 spiro atoms. The number of hydrogen-bond donors (Lipinski definition) is 2. The van der Waals surface area contributed by atoms with Crippen LogP contribution in [0.15, 0.2) is 60.9 Å². The van der Waals surface area contributed by atoms with Crippen molar-refractivity contribution in [3.8, 4) is 11.4 Å². The number of aryl methyl sites for hydroxylation is 2. The maximum absolute atomic E-state index is 11.1. The first kappa shape index (κ1) is 21.2. The van der Waals surface area contributed by atoms with Gasteiger partial charge >= 0.3 is 5.97 Å². The molecular weight excluding hydrogens is 404 g/mol. The average molecular weight is 428 g/mol. The fraction of sp³-hybridized carbons (Fsp3) is 0.208. The molecule has 4 rings (SSSR count). The molecule has 2 N–H and O–H groups in total. The SMILES string of the molecule is CCc1ccnc(Nc2cc(C)cc(-c3cn(C(C)c4ccc(C(=O)O)cc4)nn3)n2)c1. The van der Waals surface area contributed by atoms with Crippen molar-refractivity contribution in [2.75, 3.05) is 5.32 Å². The largest absolute Gasteiger partial charge is 0.478 e. The van der Waals surface area contributed by atoms with Gasteiger partial charge in [-0.15, -0.1) is 5.10 Å². The smallest absolute Gasteiger partial charge is 0.335 e. The van der Waals surface area contributed by atoms with E-state index in [9.17, 15) is 4.79 Å². The lowest BCUT2D eigenvalue weighted by molar-refractivity contribution is 0.0697. The second-order valence-corrected chi connectivity index (χ2v) is 7.63. The highest BCUT2D eigenvalue weighted by atomic mass is 16.4. The molecule has 3 aromatic heterocycles. The van der Waals surface area contributed by atoms with E-state index in [-0.39, 0.29) is 11.6 Å². The summed E-state index contributed by atoms with van der Waals surface area (Å²) < 4.78 is 1.74. The summed E-state index contributed by atoms with van der Waals surface area (Å²) in [6, 6.07) is 14.6. The Morgan fingerprint density at radius 3 is 2.59 bits per heavy atom. The number of carbonyl (C=O) groups is 1. The monoisotopic (exact) mass is 428 g/mol. The van der Waals surface area contributed by atoms with Crippen molar-refractivity contribution in [2.45, 2.75) is 33.2 Å². The van der Waals surface area contributed by atoms with Crippen molar-refractivity contribution in [1.82, 2.24) is 25.0 Å². The van der Waals surface area contributed by atoms with Gasteiger partial charge in [0, 0.05) is 6.20 Å². The van der Waals surface area contributed by atoms with Gasteiger partial charge in [0.05, 0.1) is 23.5 Å². The fourth-order valence-corrected chi connectivity index (χ4v) is 3.40. The number of aromatic carboxylic acids is 1. The molecular formula is C24H24N6O2. The number of hydrogen-bond acceptors (Lipinski definition) is 6. The Bertz CT molecular complexity index is 1250. The Morgan fingerprint density at radius 1 is 1.09 bits per heavy atom. The van der Waals surface area contributed by atoms with Crippen LogP contribution in [-0.4, -0.2) is 36.0 Å². The molecule has 162 valence electrons. The number of pyridine rings is 2. The highest BCUT2D eigenvalue weighted by molar-refractivity contribution is 5.87. The van der Waals surface area contributed by atoms with E-state index in [1.54, 1.807) is 35.1 Å². The van der Waals surface area contributed by atoms with Crippen LogP contribution >= 0.6 is 0 Å². The maximum atomic E-state index is 11.1. The molecule has 0 bridgehead atoms. The molecule has 0 saturated carbocycles. The Balaban J connectivity index is 1.57. The Labute approximate surface area is 186 Å². The van der Waals surface area contributed by atoms with Gasteiger partial charge in [-0.3, -0.25) is 0 Å². The molecule has 8 nitrogen and oxygen atoms in total. The highest BCUT2D eigenvalue weighted by Gasteiger charge is 2.14. The minimum Gasteiger partial charge on any atom is -0.478 e. The lowest BCUT2D eigenvalue weighted by atomic mass is 10.1. The van der Waals surface area contributed by atoms with E-state index in [1.165, 1.54) is 5.56 Å². The first-order valence-corrected chi connectivity index (χ1v) is 10.4. The number of rotatable bonds is 7. The van der Waals surface area contributed by atoms with E-state index in [1.807, 2.05) is 44.3 Å². The third-order valence-electron chi connectivity index (χ3n) is 5.27. The molecule has 0 aliphatic heterocycles. The summed E-state index contributed by atoms with van der Waals surface area (Å²) in [7, 11) is 0. The lowest BCUT2D eigenvalue weighted by Crippen LogP contribution is -2.08. The third-order valence-corrected chi connectivity index (χ3v) is 5.27. The summed E-state index contributed by atoms with van der Waals surface area (Å²) in [5.41, 5.74) is 4.79. The fourth-order valence-electron chi connectivity index (χ4n) is 3.40. The molecule has 32 heavy (non-hydrogen) atoms. The Hall–Kier alpha value is -4.07. The topological polar surface area (TPSA) is 106 Å². The van der Waals surface area contributed by atoms with Gasteiger partial charge in [0.15, 0.2) is 0 Å². The molecule has 0 fully saturated rings. The molecule has 1 atom stereocenters. The zero-order valence-electron chi connectivity index (χ0n) is 18.1. The molecule has 8 heteroatoms. The van der Waals surface area contributed by atoms with E-state index in [0.29, 0.717) is 17.2 Å². The van der Waals surface area contributed by atoms with Gasteiger partial charge < -0.3 is 10.4 Å². The van der Waals surface area contributed by atoms with Crippen LogP contribution in [0.1, 0.15) is 46.9 Å². The summed E-state index contributed by atoms with van der Waals surface area (Å²) >= 11 is 0. The molecule has 1 unspecified atom stereocenters. The van der Waals surface area contributed by atoms with Crippen LogP contribution in [0.2, 0.25) is 0 Å². The van der Waals surface area contributed by atoms with Gasteiger partial charge in [-0.25, -0.2) is 19.4 Å². The van der Waals surface area contributed by atoms with Crippen LogP contribution in [0, 0.1) is 6.92 Å². The quantitative estimate of drug-likeness (QED) is 0.441. The summed E-state index contributed by atoms with van der Waals surface area (Å²) in [5, 5.41) is 20.9. The van der Waals surface area contributed by atoms with Crippen molar-refractivity contribution in [3.05, 3.63) is 83.2 Å². The van der Waals surface area contributed by atoms with Crippen molar-refractivity contribution in [3.63, 3.8) is 0 Å². The summed E-state index contributed by atoms with van der Waals surface area (Å²) in [4.78, 5) is 20.1. The second kappa shape index (κ2) is 8.97. The number of carboxylic acids is 1. The van der Waals surface area contributed by atoms with Crippen molar-refractivity contribution >= 4 is 17.6 Å². The molecule has 0 radical (unpaired) electrons. The van der Waals surface area contributed by atoms with Crippen molar-refractivity contribution < 1.29 is 9.90 Å². The van der Waals surface area contributed by atoms with Gasteiger partial charge in [-0.1, -0.05) is 24.3 Å². The normalized spacial score (nSPS) is 11.8. The predicted molar refractivity (Wildman–Crippen MR) is 122 cm³/mol. The van der Waals surface area contributed by atoms with Gasteiger partial charge in [0.1, 0.15) is 17.3 Å². The molecule has 3 heterocycles. The van der Waals surface area contributed by atoms with Gasteiger partial charge in [-0.2, -0.15) is 0 Å². The number of nitrogens with one attached hydrogen (secondary N) is 1. The molecule has 1 aromatic carbocycles. The average Bonchev–Trinajstić information content (AvgIpc) is 3.29. The Morgan fingerprint density at radius 2 is 1.88 bits per heavy atom. The first-order chi connectivity index (χ1) is 15.4. The standard InChI is InChI=1S/C24H24N6O2/c1-4-17-9-10-25-22(13-17)27-23-12-15(2)11-20(26-23)21-14-30(29-28-21)16(3)18-5-7-19(8-6-18)24(31)32/h5-14,16H,4H2,1-3H3,(H,31,32)(H,25,26,27). The summed E-state index contributed by atoms with van der Waals surface area (Å²) in [5.74, 6) is 0.488. The summed E-state index contributed by atoms with van der Waals surface area (Å²) in [6.07, 6.45) is 4.56. The van der Waals surface area contributed by atoms with Crippen LogP contribution in [0.25, 0.3) is 11.4 Å². The van der Waals surface area contributed by atoms with E-state index < -0.39 is 5.97 Å². The van der Waals surface area contributed by atoms with Crippen LogP contribution in [0.5, 0.6) is 0 Å². The minimum atomic E-state index is -0.946. The second-order valence-electron chi connectivity index (χ2n) is 7.63. The van der Waals surface area contributed by atoms with Gasteiger partial charge in [0.2, 0.25) is 0 Å². The minimum absolute atomic E-state index is 0.109. The Kier molecular flexibility index (Phi) is 5.93. The van der Waals surface area contributed by atoms with Crippen molar-refractivity contribution in [2.24, 2.45) is 0 Å². The van der Waals surface area contributed by atoms with E-state index in [0.717, 1.165) is 23.4 Å².